The largest absolute Gasteiger partial charge is 0.464 e. The van der Waals surface area contributed by atoms with Gasteiger partial charge in [0, 0.05) is 12.6 Å². The van der Waals surface area contributed by atoms with Crippen molar-refractivity contribution in [2.24, 2.45) is 0 Å². The summed E-state index contributed by atoms with van der Waals surface area (Å²) < 4.78 is 5.53. The van der Waals surface area contributed by atoms with Gasteiger partial charge in [-0.3, -0.25) is 14.9 Å². The number of aryl methyl sites for hydroxylation is 1. The van der Waals surface area contributed by atoms with Gasteiger partial charge in [-0.05, 0) is 32.9 Å². The first-order chi connectivity index (χ1) is 9.47. The minimum absolute atomic E-state index is 0.0194. The predicted molar refractivity (Wildman–Crippen MR) is 73.9 cm³/mol. The Morgan fingerprint density at radius 3 is 2.75 bits per heavy atom. The van der Waals surface area contributed by atoms with Crippen molar-refractivity contribution in [2.75, 3.05) is 13.1 Å². The van der Waals surface area contributed by atoms with Crippen molar-refractivity contribution >= 4 is 11.8 Å². The number of carbonyl (C=O) groups is 2. The molecule has 1 aromatic rings. The monoisotopic (exact) mass is 279 g/mol. The Balaban J connectivity index is 2.04. The number of amides is 2. The zero-order valence-electron chi connectivity index (χ0n) is 12.1. The lowest BCUT2D eigenvalue weighted by molar-refractivity contribution is -0.137. The van der Waals surface area contributed by atoms with Gasteiger partial charge in [-0.15, -0.1) is 0 Å². The molecule has 1 aliphatic rings. The van der Waals surface area contributed by atoms with E-state index in [1.807, 2.05) is 32.9 Å². The molecule has 1 fully saturated rings. The van der Waals surface area contributed by atoms with Gasteiger partial charge in [0.1, 0.15) is 17.6 Å². The van der Waals surface area contributed by atoms with Gasteiger partial charge in [0.2, 0.25) is 11.8 Å². The fourth-order valence-corrected chi connectivity index (χ4v) is 2.19. The third-order valence-electron chi connectivity index (χ3n) is 3.34. The molecule has 0 spiro atoms. The zero-order chi connectivity index (χ0) is 14.7. The average Bonchev–Trinajstić information content (AvgIpc) is 2.81. The van der Waals surface area contributed by atoms with Crippen LogP contribution in [0.2, 0.25) is 0 Å². The van der Waals surface area contributed by atoms with Crippen LogP contribution in [0.5, 0.6) is 0 Å². The molecule has 0 aromatic carbocycles. The predicted octanol–water partition coefficient (Wildman–Crippen LogP) is 0.413. The minimum Gasteiger partial charge on any atom is -0.464 e. The van der Waals surface area contributed by atoms with Crippen LogP contribution in [0.15, 0.2) is 16.5 Å². The van der Waals surface area contributed by atoms with Gasteiger partial charge < -0.3 is 14.6 Å². The third kappa shape index (κ3) is 3.39. The fourth-order valence-electron chi connectivity index (χ4n) is 2.19. The van der Waals surface area contributed by atoms with E-state index in [9.17, 15) is 9.59 Å². The summed E-state index contributed by atoms with van der Waals surface area (Å²) in [5.74, 6) is 1.50. The van der Waals surface area contributed by atoms with E-state index in [-0.39, 0.29) is 30.4 Å². The second-order valence-corrected chi connectivity index (χ2v) is 5.31. The molecule has 6 nitrogen and oxygen atoms in total. The molecule has 0 bridgehead atoms. The van der Waals surface area contributed by atoms with Crippen LogP contribution in [0.4, 0.5) is 0 Å². The van der Waals surface area contributed by atoms with Crippen LogP contribution in [0.25, 0.3) is 0 Å². The van der Waals surface area contributed by atoms with E-state index < -0.39 is 0 Å². The molecule has 1 saturated heterocycles. The number of carbonyl (C=O) groups excluding carboxylic acids is 2. The van der Waals surface area contributed by atoms with Gasteiger partial charge >= 0.3 is 0 Å². The molecule has 2 amide bonds. The molecule has 2 rings (SSSR count). The number of furan rings is 1. The van der Waals surface area contributed by atoms with Gasteiger partial charge in [0.15, 0.2) is 0 Å². The Morgan fingerprint density at radius 1 is 1.50 bits per heavy atom. The van der Waals surface area contributed by atoms with Crippen LogP contribution >= 0.6 is 0 Å². The normalized spacial score (nSPS) is 19.0. The van der Waals surface area contributed by atoms with Crippen molar-refractivity contribution in [3.8, 4) is 0 Å². The van der Waals surface area contributed by atoms with E-state index in [2.05, 4.69) is 10.6 Å². The van der Waals surface area contributed by atoms with E-state index in [1.54, 1.807) is 4.90 Å². The van der Waals surface area contributed by atoms with Gasteiger partial charge in [-0.25, -0.2) is 0 Å². The lowest BCUT2D eigenvalue weighted by Gasteiger charge is -2.32. The Labute approximate surface area is 118 Å². The maximum Gasteiger partial charge on any atom is 0.242 e. The molecule has 6 heteroatoms. The van der Waals surface area contributed by atoms with E-state index >= 15 is 0 Å². The summed E-state index contributed by atoms with van der Waals surface area (Å²) in [6, 6.07) is 3.46. The smallest absolute Gasteiger partial charge is 0.242 e. The van der Waals surface area contributed by atoms with Crippen LogP contribution in [0.1, 0.15) is 25.4 Å². The van der Waals surface area contributed by atoms with Crippen LogP contribution < -0.4 is 10.6 Å². The number of rotatable bonds is 4. The molecule has 0 aliphatic carbocycles. The maximum atomic E-state index is 12.5. The average molecular weight is 279 g/mol. The van der Waals surface area contributed by atoms with Crippen molar-refractivity contribution < 1.29 is 14.0 Å². The lowest BCUT2D eigenvalue weighted by atomic mass is 10.1. The fraction of sp³-hybridized carbons (Fsp3) is 0.571. The SMILES string of the molecule is Cc1ccc(CN(C(=O)C2CNC(=O)CN2)C(C)C)o1. The highest BCUT2D eigenvalue weighted by Crippen LogP contribution is 2.13. The maximum absolute atomic E-state index is 12.5. The Kier molecular flexibility index (Phi) is 4.44. The first kappa shape index (κ1) is 14.6. The standard InChI is InChI=1S/C14H21N3O3/c1-9(2)17(8-11-5-4-10(3)20-11)14(19)12-6-16-13(18)7-15-12/h4-5,9,12,15H,6-8H2,1-3H3,(H,16,18). The Hall–Kier alpha value is -1.82. The van der Waals surface area contributed by atoms with Gasteiger partial charge in [-0.2, -0.15) is 0 Å². The molecule has 1 unspecified atom stereocenters. The highest BCUT2D eigenvalue weighted by atomic mass is 16.3. The molecule has 2 N–H and O–H groups in total. The number of nitrogens with one attached hydrogen (secondary N) is 2. The topological polar surface area (TPSA) is 74.6 Å². The van der Waals surface area contributed by atoms with Crippen molar-refractivity contribution in [2.45, 2.75) is 39.4 Å². The molecule has 0 radical (unpaired) electrons. The minimum atomic E-state index is -0.369. The number of nitrogens with zero attached hydrogens (tertiary/aromatic N) is 1. The van der Waals surface area contributed by atoms with Gasteiger partial charge in [-0.1, -0.05) is 0 Å². The van der Waals surface area contributed by atoms with Gasteiger partial charge in [0.05, 0.1) is 13.1 Å². The molecular weight excluding hydrogens is 258 g/mol. The molecular formula is C14H21N3O3. The van der Waals surface area contributed by atoms with Crippen molar-refractivity contribution in [3.63, 3.8) is 0 Å². The summed E-state index contributed by atoms with van der Waals surface area (Å²) in [6.07, 6.45) is 0. The number of piperazine rings is 1. The summed E-state index contributed by atoms with van der Waals surface area (Å²) in [5, 5.41) is 5.66. The van der Waals surface area contributed by atoms with E-state index in [4.69, 9.17) is 4.42 Å². The van der Waals surface area contributed by atoms with Crippen LogP contribution in [-0.4, -0.2) is 41.9 Å². The number of hydrogen-bond acceptors (Lipinski definition) is 4. The lowest BCUT2D eigenvalue weighted by Crippen LogP contribution is -2.59. The van der Waals surface area contributed by atoms with Gasteiger partial charge in [0.25, 0.3) is 0 Å². The van der Waals surface area contributed by atoms with E-state index in [0.717, 1.165) is 11.5 Å². The first-order valence-corrected chi connectivity index (χ1v) is 6.83. The van der Waals surface area contributed by atoms with E-state index in [1.165, 1.54) is 0 Å². The third-order valence-corrected chi connectivity index (χ3v) is 3.34. The van der Waals surface area contributed by atoms with Crippen LogP contribution in [0, 0.1) is 6.92 Å². The van der Waals surface area contributed by atoms with Crippen molar-refractivity contribution in [1.29, 1.82) is 0 Å². The highest BCUT2D eigenvalue weighted by molar-refractivity contribution is 5.86. The Bertz CT molecular complexity index is 486. The molecule has 1 aromatic heterocycles. The Morgan fingerprint density at radius 2 is 2.25 bits per heavy atom. The molecule has 1 atom stereocenters. The second-order valence-electron chi connectivity index (χ2n) is 5.31. The molecule has 0 saturated carbocycles. The highest BCUT2D eigenvalue weighted by Gasteiger charge is 2.29. The van der Waals surface area contributed by atoms with Crippen LogP contribution in [0.3, 0.4) is 0 Å². The molecule has 1 aliphatic heterocycles. The van der Waals surface area contributed by atoms with E-state index in [0.29, 0.717) is 13.1 Å². The molecule has 2 heterocycles. The summed E-state index contributed by atoms with van der Waals surface area (Å²) in [7, 11) is 0. The van der Waals surface area contributed by atoms with Crippen molar-refractivity contribution in [1.82, 2.24) is 15.5 Å². The molecule has 110 valence electrons. The quantitative estimate of drug-likeness (QED) is 0.837. The first-order valence-electron chi connectivity index (χ1n) is 6.83. The number of hydrogen-bond donors (Lipinski definition) is 2. The second kappa shape index (κ2) is 6.09. The summed E-state index contributed by atoms with van der Waals surface area (Å²) in [6.45, 7) is 6.77. The summed E-state index contributed by atoms with van der Waals surface area (Å²) in [4.78, 5) is 25.4. The zero-order valence-corrected chi connectivity index (χ0v) is 12.1. The summed E-state index contributed by atoms with van der Waals surface area (Å²) >= 11 is 0. The van der Waals surface area contributed by atoms with Crippen molar-refractivity contribution in [3.05, 3.63) is 23.7 Å². The molecule has 20 heavy (non-hydrogen) atoms. The summed E-state index contributed by atoms with van der Waals surface area (Å²) in [5.41, 5.74) is 0. The van der Waals surface area contributed by atoms with Crippen LogP contribution in [-0.2, 0) is 16.1 Å².